The molecule has 1 N–H and O–H groups in total. The molecule has 0 spiro atoms. The third-order valence-electron chi connectivity index (χ3n) is 2.29. The molecule has 2 aromatic rings. The molecule has 1 amide bonds. The van der Waals surface area contributed by atoms with Gasteiger partial charge in [-0.2, -0.15) is 0 Å². The predicted molar refractivity (Wildman–Crippen MR) is 67.8 cm³/mol. The minimum absolute atomic E-state index is 0.0137. The minimum atomic E-state index is -0.0137. The van der Waals surface area contributed by atoms with E-state index in [4.69, 9.17) is 0 Å². The lowest BCUT2D eigenvalue weighted by Gasteiger charge is -2.03. The second kappa shape index (κ2) is 4.94. The van der Waals surface area contributed by atoms with Gasteiger partial charge in [-0.1, -0.05) is 18.2 Å². The minimum Gasteiger partial charge on any atom is -0.352 e. The van der Waals surface area contributed by atoms with Crippen molar-refractivity contribution in [3.63, 3.8) is 0 Å². The van der Waals surface area contributed by atoms with Gasteiger partial charge in [0.2, 0.25) is 0 Å². The first kappa shape index (κ1) is 10.9. The maximum Gasteiger partial charge on any atom is 0.251 e. The van der Waals surface area contributed by atoms with Gasteiger partial charge in [0.15, 0.2) is 0 Å². The first-order chi connectivity index (χ1) is 7.81. The fraction of sp³-hybridized carbons (Fsp3) is 0.154. The molecule has 0 aliphatic carbocycles. The van der Waals surface area contributed by atoms with E-state index < -0.39 is 0 Å². The summed E-state index contributed by atoms with van der Waals surface area (Å²) in [5, 5.41) is 4.83. The van der Waals surface area contributed by atoms with Crippen molar-refractivity contribution in [1.29, 1.82) is 0 Å². The number of hydrogen-bond donors (Lipinski definition) is 1. The van der Waals surface area contributed by atoms with Crippen LogP contribution in [0.5, 0.6) is 0 Å². The van der Waals surface area contributed by atoms with Crippen LogP contribution < -0.4 is 5.32 Å². The molecular formula is C13H13NOS. The van der Waals surface area contributed by atoms with Gasteiger partial charge in [-0.25, -0.2) is 0 Å². The summed E-state index contributed by atoms with van der Waals surface area (Å²) >= 11 is 1.70. The molecule has 3 heteroatoms. The van der Waals surface area contributed by atoms with Gasteiger partial charge in [0.1, 0.15) is 0 Å². The molecular weight excluding hydrogens is 218 g/mol. The molecule has 0 atom stereocenters. The molecule has 0 aliphatic heterocycles. The van der Waals surface area contributed by atoms with Gasteiger partial charge in [0.25, 0.3) is 5.91 Å². The number of carbonyl (C=O) groups excluding carboxylic acids is 1. The van der Waals surface area contributed by atoms with Crippen LogP contribution in [-0.2, 0) is 0 Å². The Morgan fingerprint density at radius 1 is 1.25 bits per heavy atom. The van der Waals surface area contributed by atoms with Crippen LogP contribution in [0.2, 0.25) is 0 Å². The lowest BCUT2D eigenvalue weighted by Crippen LogP contribution is -2.22. The monoisotopic (exact) mass is 231 g/mol. The Morgan fingerprint density at radius 2 is 2.00 bits per heavy atom. The van der Waals surface area contributed by atoms with Crippen LogP contribution in [0.15, 0.2) is 41.8 Å². The zero-order chi connectivity index (χ0) is 11.4. The van der Waals surface area contributed by atoms with Crippen molar-refractivity contribution in [3.05, 3.63) is 47.3 Å². The summed E-state index contributed by atoms with van der Waals surface area (Å²) in [6.45, 7) is 2.57. The molecule has 1 aromatic heterocycles. The fourth-order valence-electron chi connectivity index (χ4n) is 1.49. The van der Waals surface area contributed by atoms with Crippen molar-refractivity contribution in [3.8, 4) is 10.4 Å². The zero-order valence-corrected chi connectivity index (χ0v) is 9.88. The van der Waals surface area contributed by atoms with Crippen LogP contribution in [0.25, 0.3) is 10.4 Å². The molecule has 0 bridgehead atoms. The van der Waals surface area contributed by atoms with E-state index in [2.05, 4.69) is 11.4 Å². The summed E-state index contributed by atoms with van der Waals surface area (Å²) in [5.74, 6) is -0.0137. The third kappa shape index (κ3) is 2.31. The average molecular weight is 231 g/mol. The van der Waals surface area contributed by atoms with Crippen molar-refractivity contribution >= 4 is 17.2 Å². The Hall–Kier alpha value is -1.61. The van der Waals surface area contributed by atoms with Gasteiger partial charge in [-0.3, -0.25) is 4.79 Å². The van der Waals surface area contributed by atoms with Gasteiger partial charge >= 0.3 is 0 Å². The van der Waals surface area contributed by atoms with E-state index in [0.717, 1.165) is 5.56 Å². The highest BCUT2D eigenvalue weighted by molar-refractivity contribution is 7.13. The maximum atomic E-state index is 11.5. The lowest BCUT2D eigenvalue weighted by atomic mass is 10.1. The van der Waals surface area contributed by atoms with Crippen LogP contribution in [0.4, 0.5) is 0 Å². The number of amides is 1. The van der Waals surface area contributed by atoms with Gasteiger partial charge in [0, 0.05) is 17.0 Å². The fourth-order valence-corrected chi connectivity index (χ4v) is 2.22. The Kier molecular flexibility index (Phi) is 3.37. The third-order valence-corrected chi connectivity index (χ3v) is 3.21. The van der Waals surface area contributed by atoms with Crippen LogP contribution in [-0.4, -0.2) is 12.5 Å². The number of thiophene rings is 1. The first-order valence-corrected chi connectivity index (χ1v) is 6.11. The highest BCUT2D eigenvalue weighted by atomic mass is 32.1. The number of rotatable bonds is 3. The second-order valence-electron chi connectivity index (χ2n) is 3.41. The smallest absolute Gasteiger partial charge is 0.251 e. The standard InChI is InChI=1S/C13H13NOS/c1-2-14-13(15)11-7-5-10(6-8-11)12-4-3-9-16-12/h3-9H,2H2,1H3,(H,14,15). The van der Waals surface area contributed by atoms with Crippen LogP contribution in [0, 0.1) is 0 Å². The maximum absolute atomic E-state index is 11.5. The lowest BCUT2D eigenvalue weighted by molar-refractivity contribution is 0.0956. The Bertz CT molecular complexity index is 459. The number of hydrogen-bond acceptors (Lipinski definition) is 2. The highest BCUT2D eigenvalue weighted by Crippen LogP contribution is 2.24. The van der Waals surface area contributed by atoms with E-state index in [1.807, 2.05) is 42.6 Å². The van der Waals surface area contributed by atoms with Crippen molar-refractivity contribution in [2.24, 2.45) is 0 Å². The SMILES string of the molecule is CCNC(=O)c1ccc(-c2cccs2)cc1. The highest BCUT2D eigenvalue weighted by Gasteiger charge is 2.04. The molecule has 0 aliphatic rings. The molecule has 1 aromatic carbocycles. The zero-order valence-electron chi connectivity index (χ0n) is 9.07. The number of nitrogens with one attached hydrogen (secondary N) is 1. The molecule has 0 saturated carbocycles. The number of carbonyl (C=O) groups is 1. The first-order valence-electron chi connectivity index (χ1n) is 5.23. The summed E-state index contributed by atoms with van der Waals surface area (Å²) in [6, 6.07) is 11.8. The van der Waals surface area contributed by atoms with Gasteiger partial charge < -0.3 is 5.32 Å². The van der Waals surface area contributed by atoms with Crippen LogP contribution in [0.1, 0.15) is 17.3 Å². The van der Waals surface area contributed by atoms with Crippen LogP contribution >= 0.6 is 11.3 Å². The Balaban J connectivity index is 2.20. The Labute approximate surface area is 98.9 Å². The van der Waals surface area contributed by atoms with Crippen molar-refractivity contribution in [2.75, 3.05) is 6.54 Å². The van der Waals surface area contributed by atoms with E-state index in [9.17, 15) is 4.79 Å². The van der Waals surface area contributed by atoms with Crippen molar-refractivity contribution in [2.45, 2.75) is 6.92 Å². The van der Waals surface area contributed by atoms with E-state index in [-0.39, 0.29) is 5.91 Å². The molecule has 0 saturated heterocycles. The summed E-state index contributed by atoms with van der Waals surface area (Å²) in [6.07, 6.45) is 0. The molecule has 1 heterocycles. The number of benzene rings is 1. The molecule has 2 rings (SSSR count). The van der Waals surface area contributed by atoms with E-state index in [1.54, 1.807) is 11.3 Å². The normalized spacial score (nSPS) is 10.1. The molecule has 2 nitrogen and oxygen atoms in total. The average Bonchev–Trinajstić information content (AvgIpc) is 2.83. The predicted octanol–water partition coefficient (Wildman–Crippen LogP) is 3.16. The molecule has 16 heavy (non-hydrogen) atoms. The van der Waals surface area contributed by atoms with Crippen LogP contribution in [0.3, 0.4) is 0 Å². The quantitative estimate of drug-likeness (QED) is 0.863. The molecule has 82 valence electrons. The van der Waals surface area contributed by atoms with E-state index in [1.165, 1.54) is 4.88 Å². The molecule has 0 fully saturated rings. The summed E-state index contributed by atoms with van der Waals surface area (Å²) < 4.78 is 0. The van der Waals surface area contributed by atoms with Gasteiger partial charge in [0.05, 0.1) is 0 Å². The molecule has 0 unspecified atom stereocenters. The van der Waals surface area contributed by atoms with Crippen molar-refractivity contribution < 1.29 is 4.79 Å². The summed E-state index contributed by atoms with van der Waals surface area (Å²) in [4.78, 5) is 12.8. The Morgan fingerprint density at radius 3 is 2.56 bits per heavy atom. The molecule has 0 radical (unpaired) electrons. The topological polar surface area (TPSA) is 29.1 Å². The second-order valence-corrected chi connectivity index (χ2v) is 4.36. The van der Waals surface area contributed by atoms with E-state index >= 15 is 0 Å². The summed E-state index contributed by atoms with van der Waals surface area (Å²) in [5.41, 5.74) is 1.87. The summed E-state index contributed by atoms with van der Waals surface area (Å²) in [7, 11) is 0. The largest absolute Gasteiger partial charge is 0.352 e. The van der Waals surface area contributed by atoms with Gasteiger partial charge in [-0.15, -0.1) is 11.3 Å². The van der Waals surface area contributed by atoms with Gasteiger partial charge in [-0.05, 0) is 36.1 Å². The van der Waals surface area contributed by atoms with Crippen molar-refractivity contribution in [1.82, 2.24) is 5.32 Å². The van der Waals surface area contributed by atoms with E-state index in [0.29, 0.717) is 12.1 Å².